The van der Waals surface area contributed by atoms with E-state index in [1.807, 2.05) is 18.7 Å². The van der Waals surface area contributed by atoms with Crippen molar-refractivity contribution in [3.63, 3.8) is 0 Å². The molecule has 0 amide bonds. The average Bonchev–Trinajstić information content (AvgIpc) is 3.21. The van der Waals surface area contributed by atoms with E-state index in [0.717, 1.165) is 40.4 Å². The quantitative estimate of drug-likeness (QED) is 0.808. The monoisotopic (exact) mass is 306 g/mol. The summed E-state index contributed by atoms with van der Waals surface area (Å²) < 4.78 is 4.34. The maximum Gasteiger partial charge on any atom is 0.158 e. The molecule has 0 aromatic carbocycles. The first-order chi connectivity index (χ1) is 10.1. The SMILES string of the molecule is Cc1nn(C)c2c1nc(CCl)n2C(C)C1CC2CCC1C2. The predicted octanol–water partition coefficient (Wildman–Crippen LogP) is 3.81. The summed E-state index contributed by atoms with van der Waals surface area (Å²) in [6, 6.07) is 0.467. The van der Waals surface area contributed by atoms with E-state index >= 15 is 0 Å². The minimum atomic E-state index is 0.467. The van der Waals surface area contributed by atoms with Crippen LogP contribution in [0.4, 0.5) is 0 Å². The Morgan fingerprint density at radius 1 is 1.33 bits per heavy atom. The summed E-state index contributed by atoms with van der Waals surface area (Å²) in [6.07, 6.45) is 5.68. The Kier molecular flexibility index (Phi) is 3.07. The zero-order valence-electron chi connectivity index (χ0n) is 13.0. The van der Waals surface area contributed by atoms with E-state index in [4.69, 9.17) is 16.6 Å². The predicted molar refractivity (Wildman–Crippen MR) is 84.4 cm³/mol. The van der Waals surface area contributed by atoms with Crippen LogP contribution in [0, 0.1) is 24.7 Å². The van der Waals surface area contributed by atoms with Crippen molar-refractivity contribution in [3.05, 3.63) is 11.5 Å². The summed E-state index contributed by atoms with van der Waals surface area (Å²) in [4.78, 5) is 4.75. The van der Waals surface area contributed by atoms with Crippen molar-refractivity contribution < 1.29 is 0 Å². The minimum absolute atomic E-state index is 0.467. The summed E-state index contributed by atoms with van der Waals surface area (Å²) in [5.41, 5.74) is 3.15. The van der Waals surface area contributed by atoms with Gasteiger partial charge in [0.25, 0.3) is 0 Å². The van der Waals surface area contributed by atoms with E-state index in [1.54, 1.807) is 0 Å². The maximum absolute atomic E-state index is 6.18. The van der Waals surface area contributed by atoms with Gasteiger partial charge in [0.05, 0.1) is 11.6 Å². The molecule has 0 saturated heterocycles. The van der Waals surface area contributed by atoms with Crippen molar-refractivity contribution in [1.29, 1.82) is 0 Å². The Morgan fingerprint density at radius 3 is 2.76 bits per heavy atom. The number of hydrogen-bond donors (Lipinski definition) is 0. The molecule has 2 aliphatic carbocycles. The van der Waals surface area contributed by atoms with Crippen molar-refractivity contribution in [1.82, 2.24) is 19.3 Å². The van der Waals surface area contributed by atoms with Gasteiger partial charge in [0.15, 0.2) is 5.65 Å². The maximum atomic E-state index is 6.18. The number of aryl methyl sites for hydroxylation is 2. The highest BCUT2D eigenvalue weighted by atomic mass is 35.5. The fourth-order valence-electron chi connectivity index (χ4n) is 4.94. The van der Waals surface area contributed by atoms with Crippen LogP contribution < -0.4 is 0 Å². The van der Waals surface area contributed by atoms with Crippen LogP contribution in [0.25, 0.3) is 11.2 Å². The van der Waals surface area contributed by atoms with Gasteiger partial charge in [-0.15, -0.1) is 11.6 Å². The molecule has 2 heterocycles. The lowest BCUT2D eigenvalue weighted by Crippen LogP contribution is -2.24. The Bertz CT molecular complexity index is 686. The van der Waals surface area contributed by atoms with Crippen LogP contribution in [0.5, 0.6) is 0 Å². The first-order valence-corrected chi connectivity index (χ1v) is 8.60. The van der Waals surface area contributed by atoms with E-state index in [2.05, 4.69) is 16.6 Å². The largest absolute Gasteiger partial charge is 0.309 e. The van der Waals surface area contributed by atoms with Crippen LogP contribution in [-0.4, -0.2) is 19.3 Å². The van der Waals surface area contributed by atoms with Crippen LogP contribution in [0.2, 0.25) is 0 Å². The minimum Gasteiger partial charge on any atom is -0.309 e. The standard InChI is InChI=1S/C16H23ClN4/c1-9-15-16(20(3)19-9)21(14(8-17)18-15)10(2)13-7-11-4-5-12(13)6-11/h10-13H,4-8H2,1-3H3. The van der Waals surface area contributed by atoms with Gasteiger partial charge in [0.2, 0.25) is 0 Å². The highest BCUT2D eigenvalue weighted by Gasteiger charge is 2.43. The van der Waals surface area contributed by atoms with Crippen molar-refractivity contribution in [2.45, 2.75) is 51.5 Å². The number of aromatic nitrogens is 4. The van der Waals surface area contributed by atoms with Gasteiger partial charge < -0.3 is 4.57 Å². The summed E-state index contributed by atoms with van der Waals surface area (Å²) in [5, 5.41) is 4.53. The first-order valence-electron chi connectivity index (χ1n) is 8.06. The van der Waals surface area contributed by atoms with Crippen molar-refractivity contribution in [2.75, 3.05) is 0 Å². The summed E-state index contributed by atoms with van der Waals surface area (Å²) >= 11 is 6.18. The average molecular weight is 307 g/mol. The van der Waals surface area contributed by atoms with Gasteiger partial charge >= 0.3 is 0 Å². The molecule has 2 saturated carbocycles. The van der Waals surface area contributed by atoms with Gasteiger partial charge in [-0.05, 0) is 50.9 Å². The molecule has 114 valence electrons. The molecule has 5 heteroatoms. The second-order valence-corrected chi connectivity index (χ2v) is 7.26. The van der Waals surface area contributed by atoms with E-state index in [9.17, 15) is 0 Å². The second-order valence-electron chi connectivity index (χ2n) is 6.99. The smallest absolute Gasteiger partial charge is 0.158 e. The lowest BCUT2D eigenvalue weighted by molar-refractivity contribution is 0.242. The fraction of sp³-hybridized carbons (Fsp3) is 0.750. The Labute approximate surface area is 130 Å². The topological polar surface area (TPSA) is 35.6 Å². The van der Waals surface area contributed by atoms with Crippen LogP contribution in [0.3, 0.4) is 0 Å². The molecule has 4 rings (SSSR count). The molecule has 0 aliphatic heterocycles. The van der Waals surface area contributed by atoms with Gasteiger partial charge in [-0.1, -0.05) is 6.42 Å². The third-order valence-corrected chi connectivity index (χ3v) is 6.09. The van der Waals surface area contributed by atoms with E-state index in [1.165, 1.54) is 25.7 Å². The molecular formula is C16H23ClN4. The van der Waals surface area contributed by atoms with Crippen molar-refractivity contribution in [3.8, 4) is 0 Å². The highest BCUT2D eigenvalue weighted by Crippen LogP contribution is 2.52. The second kappa shape index (κ2) is 4.73. The molecular weight excluding hydrogens is 284 g/mol. The number of alkyl halides is 1. The van der Waals surface area contributed by atoms with Crippen LogP contribution in [-0.2, 0) is 12.9 Å². The van der Waals surface area contributed by atoms with Gasteiger partial charge in [-0.25, -0.2) is 4.98 Å². The van der Waals surface area contributed by atoms with Crippen LogP contribution in [0.15, 0.2) is 0 Å². The highest BCUT2D eigenvalue weighted by molar-refractivity contribution is 6.16. The molecule has 0 N–H and O–H groups in total. The fourth-order valence-corrected chi connectivity index (χ4v) is 5.13. The summed E-state index contributed by atoms with van der Waals surface area (Å²) in [7, 11) is 2.01. The Balaban J connectivity index is 1.81. The summed E-state index contributed by atoms with van der Waals surface area (Å²) in [5.74, 6) is 4.12. The van der Waals surface area contributed by atoms with Crippen molar-refractivity contribution >= 4 is 22.8 Å². The molecule has 4 nitrogen and oxygen atoms in total. The molecule has 0 spiro atoms. The molecule has 21 heavy (non-hydrogen) atoms. The normalized spacial score (nSPS) is 29.6. The Morgan fingerprint density at radius 2 is 2.14 bits per heavy atom. The molecule has 4 atom stereocenters. The van der Waals surface area contributed by atoms with E-state index in [0.29, 0.717) is 11.9 Å². The molecule has 0 radical (unpaired) electrons. The number of imidazole rings is 1. The molecule has 2 fully saturated rings. The van der Waals surface area contributed by atoms with Gasteiger partial charge in [0, 0.05) is 13.1 Å². The zero-order valence-corrected chi connectivity index (χ0v) is 13.8. The van der Waals surface area contributed by atoms with E-state index < -0.39 is 0 Å². The molecule has 2 aromatic rings. The molecule has 4 unspecified atom stereocenters. The number of rotatable bonds is 3. The van der Waals surface area contributed by atoms with Gasteiger partial charge in [-0.2, -0.15) is 5.10 Å². The van der Waals surface area contributed by atoms with Crippen molar-refractivity contribution in [2.24, 2.45) is 24.8 Å². The third kappa shape index (κ3) is 1.88. The summed E-state index contributed by atoms with van der Waals surface area (Å²) in [6.45, 7) is 4.38. The first kappa shape index (κ1) is 13.6. The number of nitrogens with zero attached hydrogens (tertiary/aromatic N) is 4. The van der Waals surface area contributed by atoms with Crippen LogP contribution in [0.1, 0.15) is 50.2 Å². The lowest BCUT2D eigenvalue weighted by atomic mass is 9.84. The van der Waals surface area contributed by atoms with Crippen LogP contribution >= 0.6 is 11.6 Å². The third-order valence-electron chi connectivity index (χ3n) is 5.85. The molecule has 2 aromatic heterocycles. The zero-order chi connectivity index (χ0) is 14.7. The number of halogens is 1. The Hall–Kier alpha value is -1.03. The number of fused-ring (bicyclic) bond motifs is 3. The van der Waals surface area contributed by atoms with Gasteiger partial charge in [-0.3, -0.25) is 4.68 Å². The molecule has 2 aliphatic rings. The lowest BCUT2D eigenvalue weighted by Gasteiger charge is -2.30. The molecule has 2 bridgehead atoms. The number of hydrogen-bond acceptors (Lipinski definition) is 2. The van der Waals surface area contributed by atoms with E-state index in [-0.39, 0.29) is 0 Å². The van der Waals surface area contributed by atoms with Gasteiger partial charge in [0.1, 0.15) is 11.3 Å².